The Hall–Kier alpha value is -0.700. The van der Waals surface area contributed by atoms with Crippen LogP contribution in [0.5, 0.6) is 0 Å². The monoisotopic (exact) mass is 232 g/mol. The van der Waals surface area contributed by atoms with Crippen LogP contribution in [0.15, 0.2) is 23.2 Å². The van der Waals surface area contributed by atoms with E-state index in [2.05, 4.69) is 22.5 Å². The molecule has 0 fully saturated rings. The van der Waals surface area contributed by atoms with Crippen molar-refractivity contribution in [1.29, 1.82) is 0 Å². The minimum absolute atomic E-state index is 0.522. The highest BCUT2D eigenvalue weighted by molar-refractivity contribution is 9.10. The van der Waals surface area contributed by atoms with E-state index < -0.39 is 11.6 Å². The Morgan fingerprint density at radius 2 is 1.83 bits per heavy atom. The van der Waals surface area contributed by atoms with Crippen LogP contribution in [-0.4, -0.2) is 0 Å². The highest BCUT2D eigenvalue weighted by Crippen LogP contribution is 2.25. The third-order valence-corrected chi connectivity index (χ3v) is 2.13. The summed E-state index contributed by atoms with van der Waals surface area (Å²) in [7, 11) is 0. The normalized spacial score (nSPS) is 10.0. The highest BCUT2D eigenvalue weighted by atomic mass is 79.9. The van der Waals surface area contributed by atoms with Crippen molar-refractivity contribution < 1.29 is 8.78 Å². The molecule has 0 aliphatic carbocycles. The summed E-state index contributed by atoms with van der Waals surface area (Å²) in [5, 5.41) is 0. The second kappa shape index (κ2) is 3.35. The standard InChI is InChI=1S/C9H7BrF2/c1-5(2)6-3-8(11)9(12)4-7(6)10/h3-4H,1H2,2H3. The molecule has 0 nitrogen and oxygen atoms in total. The molecule has 0 radical (unpaired) electrons. The Bertz CT molecular complexity index is 332. The van der Waals surface area contributed by atoms with Crippen molar-refractivity contribution in [1.82, 2.24) is 0 Å². The topological polar surface area (TPSA) is 0 Å². The minimum Gasteiger partial charge on any atom is -0.204 e. The summed E-state index contributed by atoms with van der Waals surface area (Å²) in [6, 6.07) is 2.22. The van der Waals surface area contributed by atoms with Gasteiger partial charge in [0.25, 0.3) is 0 Å². The molecule has 3 heteroatoms. The van der Waals surface area contributed by atoms with Crippen LogP contribution in [0.4, 0.5) is 8.78 Å². The molecule has 0 saturated carbocycles. The molecular weight excluding hydrogens is 226 g/mol. The number of halogens is 3. The fourth-order valence-electron chi connectivity index (χ4n) is 0.850. The van der Waals surface area contributed by atoms with Gasteiger partial charge in [-0.05, 0) is 30.2 Å². The molecule has 0 atom stereocenters. The lowest BCUT2D eigenvalue weighted by Crippen LogP contribution is -1.88. The Kier molecular flexibility index (Phi) is 2.62. The van der Waals surface area contributed by atoms with Crippen LogP contribution in [-0.2, 0) is 0 Å². The van der Waals surface area contributed by atoms with Gasteiger partial charge in [0.15, 0.2) is 11.6 Å². The van der Waals surface area contributed by atoms with Crippen LogP contribution in [0.3, 0.4) is 0 Å². The summed E-state index contributed by atoms with van der Waals surface area (Å²) >= 11 is 3.11. The molecule has 0 amide bonds. The highest BCUT2D eigenvalue weighted by Gasteiger charge is 2.07. The maximum absolute atomic E-state index is 12.7. The maximum Gasteiger partial charge on any atom is 0.159 e. The Morgan fingerprint density at radius 1 is 1.33 bits per heavy atom. The Balaban J connectivity index is 3.33. The molecular formula is C9H7BrF2. The van der Waals surface area contributed by atoms with Crippen LogP contribution >= 0.6 is 15.9 Å². The zero-order chi connectivity index (χ0) is 9.30. The van der Waals surface area contributed by atoms with Crippen molar-refractivity contribution >= 4 is 21.5 Å². The second-order valence-corrected chi connectivity index (χ2v) is 3.38. The fourth-order valence-corrected chi connectivity index (χ4v) is 1.50. The molecule has 0 aromatic heterocycles. The summed E-state index contributed by atoms with van der Waals surface area (Å²) in [4.78, 5) is 0. The predicted molar refractivity (Wildman–Crippen MR) is 48.8 cm³/mol. The molecule has 1 aromatic carbocycles. The summed E-state index contributed by atoms with van der Waals surface area (Å²) in [6.07, 6.45) is 0. The lowest BCUT2D eigenvalue weighted by Gasteiger charge is -2.03. The molecule has 0 saturated heterocycles. The van der Waals surface area contributed by atoms with Crippen LogP contribution < -0.4 is 0 Å². The van der Waals surface area contributed by atoms with Gasteiger partial charge in [0, 0.05) is 4.47 Å². The van der Waals surface area contributed by atoms with E-state index in [4.69, 9.17) is 0 Å². The summed E-state index contributed by atoms with van der Waals surface area (Å²) in [5.74, 6) is -1.71. The maximum atomic E-state index is 12.7. The summed E-state index contributed by atoms with van der Waals surface area (Å²) in [5.41, 5.74) is 1.29. The van der Waals surface area contributed by atoms with Crippen LogP contribution in [0.25, 0.3) is 5.57 Å². The van der Waals surface area contributed by atoms with Crippen molar-refractivity contribution in [3.8, 4) is 0 Å². The van der Waals surface area contributed by atoms with Crippen molar-refractivity contribution in [2.45, 2.75) is 6.92 Å². The third-order valence-electron chi connectivity index (χ3n) is 1.47. The summed E-state index contributed by atoms with van der Waals surface area (Å²) in [6.45, 7) is 5.37. The molecule has 0 bridgehead atoms. The summed E-state index contributed by atoms with van der Waals surface area (Å²) < 4.78 is 25.8. The zero-order valence-corrected chi connectivity index (χ0v) is 8.08. The van der Waals surface area contributed by atoms with Crippen LogP contribution in [0.1, 0.15) is 12.5 Å². The van der Waals surface area contributed by atoms with E-state index in [0.29, 0.717) is 15.6 Å². The van der Waals surface area contributed by atoms with Gasteiger partial charge in [-0.25, -0.2) is 8.78 Å². The molecule has 0 N–H and O–H groups in total. The average Bonchev–Trinajstić information content (AvgIpc) is 1.96. The molecule has 1 aromatic rings. The van der Waals surface area contributed by atoms with E-state index in [1.165, 1.54) is 0 Å². The van der Waals surface area contributed by atoms with E-state index in [0.717, 1.165) is 12.1 Å². The lowest BCUT2D eigenvalue weighted by molar-refractivity contribution is 0.507. The van der Waals surface area contributed by atoms with Crippen molar-refractivity contribution in [2.24, 2.45) is 0 Å². The molecule has 12 heavy (non-hydrogen) atoms. The van der Waals surface area contributed by atoms with Crippen LogP contribution in [0.2, 0.25) is 0 Å². The zero-order valence-electron chi connectivity index (χ0n) is 6.50. The first-order valence-corrected chi connectivity index (χ1v) is 4.12. The molecule has 0 aliphatic heterocycles. The van der Waals surface area contributed by atoms with E-state index >= 15 is 0 Å². The van der Waals surface area contributed by atoms with Gasteiger partial charge in [-0.2, -0.15) is 0 Å². The Labute approximate surface area is 78.0 Å². The quantitative estimate of drug-likeness (QED) is 0.648. The molecule has 0 heterocycles. The number of allylic oxidation sites excluding steroid dienone is 1. The third kappa shape index (κ3) is 1.72. The number of hydrogen-bond acceptors (Lipinski definition) is 0. The van der Waals surface area contributed by atoms with Gasteiger partial charge >= 0.3 is 0 Å². The second-order valence-electron chi connectivity index (χ2n) is 2.53. The van der Waals surface area contributed by atoms with Crippen LogP contribution in [0, 0.1) is 11.6 Å². The van der Waals surface area contributed by atoms with Gasteiger partial charge < -0.3 is 0 Å². The first kappa shape index (κ1) is 9.39. The number of rotatable bonds is 1. The van der Waals surface area contributed by atoms with E-state index in [9.17, 15) is 8.78 Å². The van der Waals surface area contributed by atoms with Gasteiger partial charge in [0.2, 0.25) is 0 Å². The number of hydrogen-bond donors (Lipinski definition) is 0. The minimum atomic E-state index is -0.855. The lowest BCUT2D eigenvalue weighted by atomic mass is 10.1. The fraction of sp³-hybridized carbons (Fsp3) is 0.111. The largest absolute Gasteiger partial charge is 0.204 e. The van der Waals surface area contributed by atoms with E-state index in [-0.39, 0.29) is 0 Å². The first-order valence-electron chi connectivity index (χ1n) is 3.33. The molecule has 0 spiro atoms. The average molecular weight is 233 g/mol. The molecule has 0 unspecified atom stereocenters. The van der Waals surface area contributed by atoms with Gasteiger partial charge in [0.1, 0.15) is 0 Å². The van der Waals surface area contributed by atoms with Crippen molar-refractivity contribution in [3.05, 3.63) is 40.4 Å². The Morgan fingerprint density at radius 3 is 2.33 bits per heavy atom. The van der Waals surface area contributed by atoms with E-state index in [1.807, 2.05) is 0 Å². The number of benzene rings is 1. The van der Waals surface area contributed by atoms with Gasteiger partial charge in [-0.1, -0.05) is 22.5 Å². The predicted octanol–water partition coefficient (Wildman–Crippen LogP) is 3.76. The first-order chi connectivity index (χ1) is 5.52. The van der Waals surface area contributed by atoms with Gasteiger partial charge in [-0.3, -0.25) is 0 Å². The van der Waals surface area contributed by atoms with Gasteiger partial charge in [-0.15, -0.1) is 0 Å². The smallest absolute Gasteiger partial charge is 0.159 e. The van der Waals surface area contributed by atoms with E-state index in [1.54, 1.807) is 6.92 Å². The molecule has 0 aliphatic rings. The SMILES string of the molecule is C=C(C)c1cc(F)c(F)cc1Br. The van der Waals surface area contributed by atoms with Gasteiger partial charge in [0.05, 0.1) is 0 Å². The molecule has 64 valence electrons. The van der Waals surface area contributed by atoms with Crippen molar-refractivity contribution in [3.63, 3.8) is 0 Å². The molecule has 1 rings (SSSR count). The van der Waals surface area contributed by atoms with Crippen molar-refractivity contribution in [2.75, 3.05) is 0 Å².